The van der Waals surface area contributed by atoms with Gasteiger partial charge >= 0.3 is 0 Å². The molecule has 1 aromatic rings. The number of nitrogens with one attached hydrogen (secondary N) is 1. The highest BCUT2D eigenvalue weighted by atomic mass is 35.5. The highest BCUT2D eigenvalue weighted by Crippen LogP contribution is 2.31. The molecule has 0 radical (unpaired) electrons. The first-order chi connectivity index (χ1) is 12.3. The van der Waals surface area contributed by atoms with Gasteiger partial charge in [0.05, 0.1) is 19.3 Å². The Kier molecular flexibility index (Phi) is 8.50. The first-order valence-corrected chi connectivity index (χ1v) is 9.76. The van der Waals surface area contributed by atoms with E-state index in [0.29, 0.717) is 0 Å². The summed E-state index contributed by atoms with van der Waals surface area (Å²) in [5, 5.41) is 3.51. The van der Waals surface area contributed by atoms with Gasteiger partial charge in [-0.05, 0) is 37.8 Å². The number of halogens is 2. The number of rotatable bonds is 3. The SMILES string of the molecule is COc1cccc(N2CCC(N3CCC4(CC3)CNCCO4)CC2)c1.Cl.Cl. The fraction of sp³-hybridized carbons (Fsp3) is 0.700. The zero-order valence-corrected chi connectivity index (χ0v) is 17.8. The Labute approximate surface area is 175 Å². The normalized spacial score (nSPS) is 23.4. The topological polar surface area (TPSA) is 37.0 Å². The first kappa shape index (κ1) is 22.6. The van der Waals surface area contributed by atoms with Crippen molar-refractivity contribution >= 4 is 30.5 Å². The summed E-state index contributed by atoms with van der Waals surface area (Å²) in [6, 6.07) is 9.18. The minimum absolute atomic E-state index is 0. The van der Waals surface area contributed by atoms with Crippen LogP contribution in [0.2, 0.25) is 0 Å². The standard InChI is InChI=1S/C20H31N3O2.2ClH/c1-24-19-4-2-3-18(15-19)22-10-5-17(6-11-22)23-12-7-20(8-13-23)16-21-9-14-25-20;;/h2-4,15,17,21H,5-14,16H2,1H3;2*1H. The van der Waals surface area contributed by atoms with Gasteiger partial charge in [0.1, 0.15) is 5.75 Å². The summed E-state index contributed by atoms with van der Waals surface area (Å²) in [6.45, 7) is 7.56. The van der Waals surface area contributed by atoms with E-state index in [1.54, 1.807) is 7.11 Å². The Hall–Kier alpha value is -0.720. The van der Waals surface area contributed by atoms with Crippen LogP contribution >= 0.6 is 24.8 Å². The van der Waals surface area contributed by atoms with Crippen LogP contribution in [0.1, 0.15) is 25.7 Å². The number of methoxy groups -OCH3 is 1. The molecule has 3 aliphatic rings. The molecule has 4 rings (SSSR count). The number of hydrogen-bond donors (Lipinski definition) is 1. The van der Waals surface area contributed by atoms with Gasteiger partial charge in [0.15, 0.2) is 0 Å². The molecule has 1 aromatic carbocycles. The van der Waals surface area contributed by atoms with Crippen LogP contribution in [0.5, 0.6) is 5.75 Å². The number of ether oxygens (including phenoxy) is 2. The molecule has 0 aliphatic carbocycles. The molecule has 0 amide bonds. The number of likely N-dealkylation sites (tertiary alicyclic amines) is 1. The number of anilines is 1. The van der Waals surface area contributed by atoms with Crippen LogP contribution in [0.4, 0.5) is 5.69 Å². The summed E-state index contributed by atoms with van der Waals surface area (Å²) in [7, 11) is 1.74. The molecule has 3 aliphatic heterocycles. The summed E-state index contributed by atoms with van der Waals surface area (Å²) in [5.74, 6) is 0.946. The van der Waals surface area contributed by atoms with Crippen molar-refractivity contribution in [3.8, 4) is 5.75 Å². The lowest BCUT2D eigenvalue weighted by Gasteiger charge is -2.47. The molecular weight excluding hydrogens is 385 g/mol. The van der Waals surface area contributed by atoms with Crippen molar-refractivity contribution in [1.29, 1.82) is 0 Å². The van der Waals surface area contributed by atoms with Crippen LogP contribution in [0, 0.1) is 0 Å². The molecule has 0 aromatic heterocycles. The summed E-state index contributed by atoms with van der Waals surface area (Å²) < 4.78 is 11.5. The molecule has 27 heavy (non-hydrogen) atoms. The average Bonchev–Trinajstić information content (AvgIpc) is 2.69. The van der Waals surface area contributed by atoms with Crippen molar-refractivity contribution in [2.75, 3.05) is 57.9 Å². The van der Waals surface area contributed by atoms with Crippen LogP contribution in [0.15, 0.2) is 24.3 Å². The highest BCUT2D eigenvalue weighted by Gasteiger charge is 2.39. The zero-order valence-electron chi connectivity index (χ0n) is 16.2. The van der Waals surface area contributed by atoms with Crippen molar-refractivity contribution in [3.63, 3.8) is 0 Å². The molecule has 154 valence electrons. The fourth-order valence-corrected chi connectivity index (χ4v) is 4.62. The largest absolute Gasteiger partial charge is 0.497 e. The van der Waals surface area contributed by atoms with E-state index in [1.807, 2.05) is 6.07 Å². The summed E-state index contributed by atoms with van der Waals surface area (Å²) in [4.78, 5) is 5.21. The Bertz CT molecular complexity index is 566. The van der Waals surface area contributed by atoms with Crippen molar-refractivity contribution in [2.45, 2.75) is 37.3 Å². The molecule has 1 spiro atoms. The Balaban J connectivity index is 0.00000131. The molecule has 0 unspecified atom stereocenters. The predicted octanol–water partition coefficient (Wildman–Crippen LogP) is 2.96. The minimum atomic E-state index is 0. The second-order valence-electron chi connectivity index (χ2n) is 7.66. The van der Waals surface area contributed by atoms with E-state index < -0.39 is 0 Å². The number of hydrogen-bond acceptors (Lipinski definition) is 5. The molecule has 3 fully saturated rings. The maximum atomic E-state index is 6.13. The minimum Gasteiger partial charge on any atom is -0.497 e. The van der Waals surface area contributed by atoms with E-state index in [1.165, 1.54) is 44.5 Å². The smallest absolute Gasteiger partial charge is 0.120 e. The Morgan fingerprint density at radius 2 is 1.85 bits per heavy atom. The maximum absolute atomic E-state index is 6.13. The van der Waals surface area contributed by atoms with Crippen LogP contribution in [0.25, 0.3) is 0 Å². The number of piperidine rings is 2. The molecule has 3 saturated heterocycles. The van der Waals surface area contributed by atoms with E-state index in [4.69, 9.17) is 9.47 Å². The Morgan fingerprint density at radius 1 is 1.11 bits per heavy atom. The molecule has 3 heterocycles. The average molecular weight is 418 g/mol. The van der Waals surface area contributed by atoms with Gasteiger partial charge in [0, 0.05) is 57.1 Å². The first-order valence-electron chi connectivity index (χ1n) is 9.76. The molecule has 1 N–H and O–H groups in total. The van der Waals surface area contributed by atoms with Crippen LogP contribution in [0.3, 0.4) is 0 Å². The lowest BCUT2D eigenvalue weighted by molar-refractivity contribution is -0.105. The zero-order chi connectivity index (χ0) is 17.1. The second-order valence-corrected chi connectivity index (χ2v) is 7.66. The van der Waals surface area contributed by atoms with E-state index >= 15 is 0 Å². The maximum Gasteiger partial charge on any atom is 0.120 e. The van der Waals surface area contributed by atoms with Gasteiger partial charge in [-0.1, -0.05) is 6.07 Å². The third-order valence-corrected chi connectivity index (χ3v) is 6.24. The highest BCUT2D eigenvalue weighted by molar-refractivity contribution is 5.85. The molecule has 0 saturated carbocycles. The fourth-order valence-electron chi connectivity index (χ4n) is 4.62. The molecular formula is C20H33Cl2N3O2. The number of benzene rings is 1. The van der Waals surface area contributed by atoms with Gasteiger partial charge < -0.3 is 24.6 Å². The van der Waals surface area contributed by atoms with Gasteiger partial charge in [-0.25, -0.2) is 0 Å². The molecule has 5 nitrogen and oxygen atoms in total. The van der Waals surface area contributed by atoms with E-state index in [2.05, 4.69) is 33.3 Å². The lowest BCUT2D eigenvalue weighted by Crippen LogP contribution is -2.57. The lowest BCUT2D eigenvalue weighted by atomic mass is 9.88. The van der Waals surface area contributed by atoms with Crippen molar-refractivity contribution in [1.82, 2.24) is 10.2 Å². The van der Waals surface area contributed by atoms with E-state index in [0.717, 1.165) is 44.6 Å². The Morgan fingerprint density at radius 3 is 2.48 bits per heavy atom. The molecule has 7 heteroatoms. The van der Waals surface area contributed by atoms with Crippen LogP contribution < -0.4 is 15.0 Å². The summed E-state index contributed by atoms with van der Waals surface area (Å²) >= 11 is 0. The van der Waals surface area contributed by atoms with Gasteiger partial charge in [0.2, 0.25) is 0 Å². The van der Waals surface area contributed by atoms with Gasteiger partial charge in [0.25, 0.3) is 0 Å². The van der Waals surface area contributed by atoms with Gasteiger partial charge in [-0.2, -0.15) is 0 Å². The van der Waals surface area contributed by atoms with Crippen LogP contribution in [-0.2, 0) is 4.74 Å². The third kappa shape index (κ3) is 5.21. The molecule has 0 bridgehead atoms. The van der Waals surface area contributed by atoms with Crippen molar-refractivity contribution in [2.24, 2.45) is 0 Å². The van der Waals surface area contributed by atoms with Crippen molar-refractivity contribution < 1.29 is 9.47 Å². The third-order valence-electron chi connectivity index (χ3n) is 6.24. The number of morpholine rings is 1. The summed E-state index contributed by atoms with van der Waals surface area (Å²) in [6.07, 6.45) is 4.86. The van der Waals surface area contributed by atoms with E-state index in [9.17, 15) is 0 Å². The quantitative estimate of drug-likeness (QED) is 0.817. The van der Waals surface area contributed by atoms with Gasteiger partial charge in [-0.3, -0.25) is 0 Å². The van der Waals surface area contributed by atoms with Crippen molar-refractivity contribution in [3.05, 3.63) is 24.3 Å². The number of nitrogens with zero attached hydrogens (tertiary/aromatic N) is 2. The summed E-state index contributed by atoms with van der Waals surface area (Å²) in [5.41, 5.74) is 1.41. The molecule has 0 atom stereocenters. The van der Waals surface area contributed by atoms with E-state index in [-0.39, 0.29) is 30.4 Å². The van der Waals surface area contributed by atoms with Crippen LogP contribution in [-0.4, -0.2) is 69.5 Å². The monoisotopic (exact) mass is 417 g/mol. The predicted molar refractivity (Wildman–Crippen MR) is 115 cm³/mol. The second kappa shape index (κ2) is 10.2. The van der Waals surface area contributed by atoms with Gasteiger partial charge in [-0.15, -0.1) is 24.8 Å².